The van der Waals surface area contributed by atoms with Crippen LogP contribution in [0.15, 0.2) is 54.6 Å². The molecule has 0 heterocycles. The molecular formula is C20H22N2O3. The maximum atomic E-state index is 12.5. The molecule has 5 heteroatoms. The molecule has 1 saturated carbocycles. The van der Waals surface area contributed by atoms with Crippen molar-refractivity contribution in [3.63, 3.8) is 0 Å². The molecule has 2 amide bonds. The lowest BCUT2D eigenvalue weighted by Gasteiger charge is -2.36. The third-order valence-electron chi connectivity index (χ3n) is 4.70. The lowest BCUT2D eigenvalue weighted by Crippen LogP contribution is -2.47. The van der Waals surface area contributed by atoms with Crippen LogP contribution in [0.2, 0.25) is 0 Å². The van der Waals surface area contributed by atoms with Gasteiger partial charge in [-0.3, -0.25) is 9.59 Å². The van der Waals surface area contributed by atoms with Crippen LogP contribution in [-0.2, 0) is 0 Å². The molecule has 130 valence electrons. The molecule has 2 aromatic rings. The van der Waals surface area contributed by atoms with Crippen molar-refractivity contribution in [1.82, 2.24) is 5.32 Å². The molecule has 0 aliphatic heterocycles. The van der Waals surface area contributed by atoms with Gasteiger partial charge < -0.3 is 15.3 Å². The summed E-state index contributed by atoms with van der Waals surface area (Å²) in [7, 11) is 1.72. The fourth-order valence-electron chi connectivity index (χ4n) is 2.84. The summed E-state index contributed by atoms with van der Waals surface area (Å²) in [4.78, 5) is 26.2. The highest BCUT2D eigenvalue weighted by molar-refractivity contribution is 6.06. The fourth-order valence-corrected chi connectivity index (χ4v) is 2.84. The van der Waals surface area contributed by atoms with Gasteiger partial charge in [0.15, 0.2) is 0 Å². The first kappa shape index (κ1) is 17.2. The number of amides is 2. The fraction of sp³-hybridized carbons (Fsp3) is 0.300. The number of hydrogen-bond donors (Lipinski definition) is 2. The molecular weight excluding hydrogens is 316 g/mol. The quantitative estimate of drug-likeness (QED) is 0.880. The summed E-state index contributed by atoms with van der Waals surface area (Å²) in [5.74, 6) is -0.377. The molecule has 2 N–H and O–H groups in total. The largest absolute Gasteiger partial charge is 0.388 e. The molecule has 0 atom stereocenters. The summed E-state index contributed by atoms with van der Waals surface area (Å²) in [6.07, 6.45) is 2.46. The van der Waals surface area contributed by atoms with Crippen molar-refractivity contribution in [2.24, 2.45) is 0 Å². The average molecular weight is 338 g/mol. The minimum atomic E-state index is -0.746. The summed E-state index contributed by atoms with van der Waals surface area (Å²) >= 11 is 0. The van der Waals surface area contributed by atoms with Gasteiger partial charge in [0.2, 0.25) is 0 Å². The number of benzene rings is 2. The Hall–Kier alpha value is -2.66. The Morgan fingerprint density at radius 3 is 2.20 bits per heavy atom. The molecule has 3 rings (SSSR count). The summed E-state index contributed by atoms with van der Waals surface area (Å²) < 4.78 is 0. The van der Waals surface area contributed by atoms with E-state index in [0.717, 1.165) is 24.9 Å². The first-order valence-corrected chi connectivity index (χ1v) is 8.42. The van der Waals surface area contributed by atoms with Crippen LogP contribution in [-0.4, -0.2) is 36.1 Å². The number of rotatable bonds is 5. The number of para-hydroxylation sites is 1. The minimum Gasteiger partial charge on any atom is -0.388 e. The number of anilines is 1. The molecule has 25 heavy (non-hydrogen) atoms. The van der Waals surface area contributed by atoms with Crippen LogP contribution >= 0.6 is 0 Å². The predicted molar refractivity (Wildman–Crippen MR) is 96.8 cm³/mol. The Bertz CT molecular complexity index is 752. The Morgan fingerprint density at radius 2 is 1.64 bits per heavy atom. The van der Waals surface area contributed by atoms with E-state index in [1.807, 2.05) is 30.3 Å². The van der Waals surface area contributed by atoms with E-state index in [1.165, 1.54) is 0 Å². The van der Waals surface area contributed by atoms with Crippen LogP contribution in [0.1, 0.15) is 40.0 Å². The molecule has 0 bridgehead atoms. The number of hydrogen-bond acceptors (Lipinski definition) is 3. The van der Waals surface area contributed by atoms with Gasteiger partial charge >= 0.3 is 0 Å². The SMILES string of the molecule is CN(C(=O)c1ccc(C(=O)NCC2(O)CCC2)cc1)c1ccccc1. The molecule has 2 aromatic carbocycles. The maximum Gasteiger partial charge on any atom is 0.258 e. The van der Waals surface area contributed by atoms with Gasteiger partial charge in [-0.25, -0.2) is 0 Å². The molecule has 5 nitrogen and oxygen atoms in total. The lowest BCUT2D eigenvalue weighted by molar-refractivity contribution is -0.0300. The minimum absolute atomic E-state index is 0.137. The Balaban J connectivity index is 1.63. The van der Waals surface area contributed by atoms with Crippen molar-refractivity contribution >= 4 is 17.5 Å². The summed E-state index contributed by atoms with van der Waals surface area (Å²) in [5, 5.41) is 12.8. The molecule has 0 saturated heterocycles. The number of carbonyl (C=O) groups is 2. The predicted octanol–water partition coefficient (Wildman–Crippen LogP) is 2.61. The Labute approximate surface area is 147 Å². The van der Waals surface area contributed by atoms with Gasteiger partial charge in [0.05, 0.1) is 5.60 Å². The smallest absolute Gasteiger partial charge is 0.258 e. The summed E-state index contributed by atoms with van der Waals surface area (Å²) in [6, 6.07) is 15.9. The first-order chi connectivity index (χ1) is 12.0. The number of nitrogens with one attached hydrogen (secondary N) is 1. The number of aliphatic hydroxyl groups is 1. The van der Waals surface area contributed by atoms with Crippen molar-refractivity contribution in [3.05, 3.63) is 65.7 Å². The second-order valence-corrected chi connectivity index (χ2v) is 6.54. The molecule has 1 fully saturated rings. The normalized spacial score (nSPS) is 15.1. The third kappa shape index (κ3) is 3.88. The van der Waals surface area contributed by atoms with Crippen LogP contribution in [0.25, 0.3) is 0 Å². The van der Waals surface area contributed by atoms with E-state index in [1.54, 1.807) is 36.2 Å². The topological polar surface area (TPSA) is 69.6 Å². The van der Waals surface area contributed by atoms with E-state index < -0.39 is 5.60 Å². The maximum absolute atomic E-state index is 12.5. The van der Waals surface area contributed by atoms with Crippen molar-refractivity contribution in [2.45, 2.75) is 24.9 Å². The average Bonchev–Trinajstić information content (AvgIpc) is 2.64. The zero-order valence-corrected chi connectivity index (χ0v) is 14.2. The van der Waals surface area contributed by atoms with Crippen molar-refractivity contribution in [1.29, 1.82) is 0 Å². The van der Waals surface area contributed by atoms with Crippen molar-refractivity contribution in [2.75, 3.05) is 18.5 Å². The van der Waals surface area contributed by atoms with Gasteiger partial charge in [0.25, 0.3) is 11.8 Å². The molecule has 0 aromatic heterocycles. The number of carbonyl (C=O) groups excluding carboxylic acids is 2. The van der Waals surface area contributed by atoms with E-state index in [4.69, 9.17) is 0 Å². The zero-order valence-electron chi connectivity index (χ0n) is 14.2. The van der Waals surface area contributed by atoms with Crippen LogP contribution in [0.5, 0.6) is 0 Å². The molecule has 1 aliphatic carbocycles. The second kappa shape index (κ2) is 7.07. The highest BCUT2D eigenvalue weighted by Crippen LogP contribution is 2.30. The van der Waals surface area contributed by atoms with E-state index >= 15 is 0 Å². The Morgan fingerprint density at radius 1 is 1.04 bits per heavy atom. The first-order valence-electron chi connectivity index (χ1n) is 8.42. The van der Waals surface area contributed by atoms with E-state index in [-0.39, 0.29) is 18.4 Å². The van der Waals surface area contributed by atoms with Gasteiger partial charge in [-0.1, -0.05) is 18.2 Å². The van der Waals surface area contributed by atoms with E-state index in [2.05, 4.69) is 5.32 Å². The third-order valence-corrected chi connectivity index (χ3v) is 4.70. The zero-order chi connectivity index (χ0) is 17.9. The summed E-state index contributed by atoms with van der Waals surface area (Å²) in [5.41, 5.74) is 1.05. The van der Waals surface area contributed by atoms with Crippen molar-refractivity contribution < 1.29 is 14.7 Å². The highest BCUT2D eigenvalue weighted by atomic mass is 16.3. The standard InChI is InChI=1S/C20H22N2O3/c1-22(17-6-3-2-4-7-17)19(24)16-10-8-15(9-11-16)18(23)21-14-20(25)12-5-13-20/h2-4,6-11,25H,5,12-14H2,1H3,(H,21,23). The van der Waals surface area contributed by atoms with Crippen LogP contribution in [0, 0.1) is 0 Å². The Kier molecular flexibility index (Phi) is 4.86. The van der Waals surface area contributed by atoms with E-state index in [9.17, 15) is 14.7 Å². The van der Waals surface area contributed by atoms with E-state index in [0.29, 0.717) is 11.1 Å². The number of nitrogens with zero attached hydrogens (tertiary/aromatic N) is 1. The molecule has 0 radical (unpaired) electrons. The molecule has 0 spiro atoms. The van der Waals surface area contributed by atoms with Gasteiger partial charge in [-0.15, -0.1) is 0 Å². The lowest BCUT2D eigenvalue weighted by atomic mass is 9.80. The van der Waals surface area contributed by atoms with Crippen LogP contribution in [0.3, 0.4) is 0 Å². The van der Waals surface area contributed by atoms with Crippen molar-refractivity contribution in [3.8, 4) is 0 Å². The van der Waals surface area contributed by atoms with Gasteiger partial charge in [0.1, 0.15) is 0 Å². The monoisotopic (exact) mass is 338 g/mol. The summed E-state index contributed by atoms with van der Waals surface area (Å²) in [6.45, 7) is 0.267. The van der Waals surface area contributed by atoms with Gasteiger partial charge in [-0.2, -0.15) is 0 Å². The molecule has 1 aliphatic rings. The van der Waals surface area contributed by atoms with Gasteiger partial charge in [0, 0.05) is 30.4 Å². The molecule has 0 unspecified atom stereocenters. The van der Waals surface area contributed by atoms with Gasteiger partial charge in [-0.05, 0) is 55.7 Å². The highest BCUT2D eigenvalue weighted by Gasteiger charge is 2.34. The second-order valence-electron chi connectivity index (χ2n) is 6.54. The van der Waals surface area contributed by atoms with Crippen LogP contribution in [0.4, 0.5) is 5.69 Å². The van der Waals surface area contributed by atoms with Crippen LogP contribution < -0.4 is 10.2 Å².